The van der Waals surface area contributed by atoms with E-state index in [-0.39, 0.29) is 17.5 Å². The Hall–Kier alpha value is -1.59. The fraction of sp³-hybridized carbons (Fsp3) is 0.273. The van der Waals surface area contributed by atoms with Crippen molar-refractivity contribution >= 4 is 23.5 Å². The lowest BCUT2D eigenvalue weighted by Crippen LogP contribution is -2.25. The molecule has 0 heterocycles. The molecular formula is C11H11ClO5. The first-order chi connectivity index (χ1) is 7.95. The summed E-state index contributed by atoms with van der Waals surface area (Å²) in [7, 11) is 1.14. The Bertz CT molecular complexity index is 443. The third-order valence-electron chi connectivity index (χ3n) is 2.18. The van der Waals surface area contributed by atoms with E-state index in [1.54, 1.807) is 0 Å². The minimum Gasteiger partial charge on any atom is -0.478 e. The predicted molar refractivity (Wildman–Crippen MR) is 60.1 cm³/mol. The molecule has 0 saturated carbocycles. The van der Waals surface area contributed by atoms with Gasteiger partial charge in [-0.2, -0.15) is 0 Å². The van der Waals surface area contributed by atoms with Crippen LogP contribution >= 0.6 is 11.6 Å². The monoisotopic (exact) mass is 258 g/mol. The molecule has 1 aromatic carbocycles. The summed E-state index contributed by atoms with van der Waals surface area (Å²) >= 11 is 5.73. The van der Waals surface area contributed by atoms with Gasteiger partial charge in [0, 0.05) is 11.4 Å². The topological polar surface area (TPSA) is 83.8 Å². The molecule has 0 unspecified atom stereocenters. The van der Waals surface area contributed by atoms with Gasteiger partial charge in [-0.25, -0.2) is 9.59 Å². The molecular weight excluding hydrogens is 248 g/mol. The van der Waals surface area contributed by atoms with Crippen LogP contribution in [0.25, 0.3) is 0 Å². The first-order valence-electron chi connectivity index (χ1n) is 4.73. The van der Waals surface area contributed by atoms with E-state index in [9.17, 15) is 14.7 Å². The van der Waals surface area contributed by atoms with Crippen molar-refractivity contribution in [3.8, 4) is 0 Å². The molecule has 17 heavy (non-hydrogen) atoms. The third kappa shape index (κ3) is 3.44. The molecule has 0 aliphatic rings. The van der Waals surface area contributed by atoms with Gasteiger partial charge >= 0.3 is 11.9 Å². The SMILES string of the molecule is COC(=O)[C@H](O)Cc1cc(Cl)ccc1C(=O)O. The molecule has 5 nitrogen and oxygen atoms in total. The maximum absolute atomic E-state index is 11.0. The molecule has 0 spiro atoms. The van der Waals surface area contributed by atoms with Crippen LogP contribution in [0.5, 0.6) is 0 Å². The van der Waals surface area contributed by atoms with Gasteiger partial charge in [0.1, 0.15) is 0 Å². The molecule has 1 atom stereocenters. The summed E-state index contributed by atoms with van der Waals surface area (Å²) in [5.41, 5.74) is 0.278. The molecule has 0 radical (unpaired) electrons. The Morgan fingerprint density at radius 1 is 1.47 bits per heavy atom. The zero-order valence-corrected chi connectivity index (χ0v) is 9.77. The lowest BCUT2D eigenvalue weighted by Gasteiger charge is -2.10. The van der Waals surface area contributed by atoms with E-state index in [0.29, 0.717) is 5.02 Å². The number of aliphatic hydroxyl groups is 1. The van der Waals surface area contributed by atoms with E-state index in [2.05, 4.69) is 4.74 Å². The van der Waals surface area contributed by atoms with Gasteiger partial charge in [-0.1, -0.05) is 11.6 Å². The van der Waals surface area contributed by atoms with Crippen molar-refractivity contribution in [2.45, 2.75) is 12.5 Å². The molecule has 0 bridgehead atoms. The van der Waals surface area contributed by atoms with Crippen LogP contribution in [0.3, 0.4) is 0 Å². The van der Waals surface area contributed by atoms with Gasteiger partial charge in [0.25, 0.3) is 0 Å². The number of rotatable bonds is 4. The number of carbonyl (C=O) groups is 2. The Labute approximate surface area is 103 Å². The van der Waals surface area contributed by atoms with E-state index in [1.165, 1.54) is 18.2 Å². The molecule has 6 heteroatoms. The highest BCUT2D eigenvalue weighted by molar-refractivity contribution is 6.30. The van der Waals surface area contributed by atoms with Crippen LogP contribution in [-0.2, 0) is 16.0 Å². The lowest BCUT2D eigenvalue weighted by molar-refractivity contribution is -0.150. The highest BCUT2D eigenvalue weighted by Crippen LogP contribution is 2.18. The second-order valence-electron chi connectivity index (χ2n) is 3.35. The number of esters is 1. The van der Waals surface area contributed by atoms with Gasteiger partial charge in [0.15, 0.2) is 6.10 Å². The Morgan fingerprint density at radius 2 is 2.12 bits per heavy atom. The standard InChI is InChI=1S/C11H11ClO5/c1-17-11(16)9(13)5-6-4-7(12)2-3-8(6)10(14)15/h2-4,9,13H,5H2,1H3,(H,14,15)/t9-/m1/s1. The molecule has 92 valence electrons. The lowest BCUT2D eigenvalue weighted by atomic mass is 10.0. The fourth-order valence-electron chi connectivity index (χ4n) is 1.37. The number of hydrogen-bond acceptors (Lipinski definition) is 4. The Kier molecular flexibility index (Phi) is 4.48. The average Bonchev–Trinajstić information content (AvgIpc) is 2.27. The second-order valence-corrected chi connectivity index (χ2v) is 3.79. The van der Waals surface area contributed by atoms with Crippen molar-refractivity contribution in [1.82, 2.24) is 0 Å². The number of benzene rings is 1. The summed E-state index contributed by atoms with van der Waals surface area (Å²) in [6, 6.07) is 4.15. The molecule has 0 saturated heterocycles. The summed E-state index contributed by atoms with van der Waals surface area (Å²) in [5, 5.41) is 18.7. The van der Waals surface area contributed by atoms with Crippen LogP contribution in [0, 0.1) is 0 Å². The number of aliphatic hydroxyl groups excluding tert-OH is 1. The van der Waals surface area contributed by atoms with Crippen LogP contribution in [0.15, 0.2) is 18.2 Å². The highest BCUT2D eigenvalue weighted by Gasteiger charge is 2.19. The third-order valence-corrected chi connectivity index (χ3v) is 2.42. The van der Waals surface area contributed by atoms with Crippen molar-refractivity contribution in [2.24, 2.45) is 0 Å². The van der Waals surface area contributed by atoms with Crippen molar-refractivity contribution < 1.29 is 24.5 Å². The maximum atomic E-state index is 11.0. The van der Waals surface area contributed by atoms with E-state index < -0.39 is 18.0 Å². The number of ether oxygens (including phenoxy) is 1. The summed E-state index contributed by atoms with van der Waals surface area (Å²) in [6.07, 6.45) is -1.56. The van der Waals surface area contributed by atoms with Gasteiger partial charge in [0.2, 0.25) is 0 Å². The molecule has 1 rings (SSSR count). The first kappa shape index (κ1) is 13.5. The average molecular weight is 259 g/mol. The van der Waals surface area contributed by atoms with Crippen LogP contribution in [0.2, 0.25) is 5.02 Å². The van der Waals surface area contributed by atoms with Crippen molar-refractivity contribution in [3.05, 3.63) is 34.3 Å². The zero-order chi connectivity index (χ0) is 13.0. The number of hydrogen-bond donors (Lipinski definition) is 2. The minimum absolute atomic E-state index is 0.00245. The molecule has 0 aromatic heterocycles. The number of carbonyl (C=O) groups excluding carboxylic acids is 1. The van der Waals surface area contributed by atoms with E-state index >= 15 is 0 Å². The highest BCUT2D eigenvalue weighted by atomic mass is 35.5. The van der Waals surface area contributed by atoms with E-state index in [4.69, 9.17) is 16.7 Å². The Balaban J connectivity index is 3.00. The molecule has 0 fully saturated rings. The molecule has 0 amide bonds. The zero-order valence-electron chi connectivity index (χ0n) is 9.01. The van der Waals surface area contributed by atoms with Crippen LogP contribution in [0.1, 0.15) is 15.9 Å². The van der Waals surface area contributed by atoms with Gasteiger partial charge in [0.05, 0.1) is 12.7 Å². The van der Waals surface area contributed by atoms with Crippen molar-refractivity contribution in [2.75, 3.05) is 7.11 Å². The van der Waals surface area contributed by atoms with Crippen LogP contribution in [0.4, 0.5) is 0 Å². The van der Waals surface area contributed by atoms with Crippen molar-refractivity contribution in [1.29, 1.82) is 0 Å². The van der Waals surface area contributed by atoms with Crippen LogP contribution in [-0.4, -0.2) is 35.4 Å². The number of aromatic carboxylic acids is 1. The summed E-state index contributed by atoms with van der Waals surface area (Å²) in [6.45, 7) is 0. The Morgan fingerprint density at radius 3 is 2.65 bits per heavy atom. The minimum atomic E-state index is -1.41. The molecule has 0 aliphatic carbocycles. The summed E-state index contributed by atoms with van der Waals surface area (Å²) in [5.74, 6) is -1.96. The maximum Gasteiger partial charge on any atom is 0.335 e. The van der Waals surface area contributed by atoms with E-state index in [0.717, 1.165) is 7.11 Å². The smallest absolute Gasteiger partial charge is 0.335 e. The first-order valence-corrected chi connectivity index (χ1v) is 5.11. The van der Waals surface area contributed by atoms with Gasteiger partial charge in [-0.15, -0.1) is 0 Å². The quantitative estimate of drug-likeness (QED) is 0.791. The number of methoxy groups -OCH3 is 1. The predicted octanol–water partition coefficient (Wildman–Crippen LogP) is 1.11. The summed E-state index contributed by atoms with van der Waals surface area (Å²) in [4.78, 5) is 21.9. The number of carboxylic acid groups (broad SMARTS) is 1. The largest absolute Gasteiger partial charge is 0.478 e. The normalized spacial score (nSPS) is 11.9. The fourth-order valence-corrected chi connectivity index (χ4v) is 1.56. The van der Waals surface area contributed by atoms with Crippen molar-refractivity contribution in [3.63, 3.8) is 0 Å². The van der Waals surface area contributed by atoms with Gasteiger partial charge < -0.3 is 14.9 Å². The number of halogens is 1. The molecule has 1 aromatic rings. The molecule has 0 aliphatic heterocycles. The number of carboxylic acids is 1. The van der Waals surface area contributed by atoms with E-state index in [1.807, 2.05) is 0 Å². The van der Waals surface area contributed by atoms with Crippen LogP contribution < -0.4 is 0 Å². The van der Waals surface area contributed by atoms with Gasteiger partial charge in [-0.05, 0) is 23.8 Å². The van der Waals surface area contributed by atoms with Gasteiger partial charge in [-0.3, -0.25) is 0 Å². The second kappa shape index (κ2) is 5.65. The molecule has 2 N–H and O–H groups in total. The summed E-state index contributed by atoms with van der Waals surface area (Å²) < 4.78 is 4.35.